The molecule has 1 fully saturated rings. The maximum atomic E-state index is 12.3. The van der Waals surface area contributed by atoms with E-state index >= 15 is 0 Å². The van der Waals surface area contributed by atoms with Crippen LogP contribution in [0.15, 0.2) is 42.5 Å². The van der Waals surface area contributed by atoms with E-state index in [1.54, 1.807) is 41.3 Å². The first-order valence-corrected chi connectivity index (χ1v) is 8.68. The van der Waals surface area contributed by atoms with Crippen LogP contribution < -0.4 is 10.2 Å². The molecular weight excluding hydrogens is 369 g/mol. The lowest BCUT2D eigenvalue weighted by Gasteiger charge is -2.36. The van der Waals surface area contributed by atoms with Crippen LogP contribution in [0.25, 0.3) is 0 Å². The van der Waals surface area contributed by atoms with E-state index < -0.39 is 0 Å². The molecule has 0 aliphatic carbocycles. The first-order chi connectivity index (χ1) is 11.5. The van der Waals surface area contributed by atoms with Crippen LogP contribution in [0.3, 0.4) is 0 Å². The lowest BCUT2D eigenvalue weighted by atomic mass is 10.2. The molecule has 0 unspecified atom stereocenters. The van der Waals surface area contributed by atoms with Crippen LogP contribution in [-0.4, -0.2) is 37.1 Å². The number of nitrogens with zero attached hydrogens (tertiary/aromatic N) is 2. The zero-order valence-corrected chi connectivity index (χ0v) is 15.1. The van der Waals surface area contributed by atoms with E-state index in [-0.39, 0.29) is 6.03 Å². The molecule has 1 heterocycles. The van der Waals surface area contributed by atoms with Crippen molar-refractivity contribution in [1.29, 1.82) is 0 Å². The molecule has 2 amide bonds. The average Bonchev–Trinajstić information content (AvgIpc) is 2.59. The summed E-state index contributed by atoms with van der Waals surface area (Å²) in [6.45, 7) is 2.63. The van der Waals surface area contributed by atoms with E-state index in [0.29, 0.717) is 41.2 Å². The van der Waals surface area contributed by atoms with Crippen molar-refractivity contribution in [2.75, 3.05) is 36.4 Å². The van der Waals surface area contributed by atoms with Gasteiger partial charge in [-0.15, -0.1) is 0 Å². The number of rotatable bonds is 2. The molecular formula is C17H16Cl3N3O. The van der Waals surface area contributed by atoms with Crippen LogP contribution in [0.1, 0.15) is 0 Å². The molecule has 0 aromatic heterocycles. The van der Waals surface area contributed by atoms with Crippen molar-refractivity contribution in [1.82, 2.24) is 4.90 Å². The van der Waals surface area contributed by atoms with Gasteiger partial charge in [-0.1, -0.05) is 34.8 Å². The van der Waals surface area contributed by atoms with Gasteiger partial charge in [-0.3, -0.25) is 0 Å². The molecule has 0 bridgehead atoms. The van der Waals surface area contributed by atoms with Gasteiger partial charge in [0, 0.05) is 41.9 Å². The molecule has 1 saturated heterocycles. The lowest BCUT2D eigenvalue weighted by molar-refractivity contribution is 0.208. The van der Waals surface area contributed by atoms with Gasteiger partial charge < -0.3 is 15.1 Å². The minimum Gasteiger partial charge on any atom is -0.367 e. The van der Waals surface area contributed by atoms with Crippen LogP contribution >= 0.6 is 34.8 Å². The Morgan fingerprint density at radius 2 is 1.50 bits per heavy atom. The van der Waals surface area contributed by atoms with Crippen LogP contribution in [0.2, 0.25) is 15.1 Å². The molecule has 4 nitrogen and oxygen atoms in total. The molecule has 7 heteroatoms. The third kappa shape index (κ3) is 4.07. The molecule has 3 rings (SSSR count). The molecule has 0 radical (unpaired) electrons. The number of amides is 2. The minimum atomic E-state index is -0.117. The molecule has 0 atom stereocenters. The number of anilines is 2. The maximum Gasteiger partial charge on any atom is 0.321 e. The standard InChI is InChI=1S/C17H16Cl3N3O/c18-12-1-4-14(5-2-12)21-17(24)23-9-7-22(8-10-23)16-11-13(19)3-6-15(16)20/h1-6,11H,7-10H2,(H,21,24). The van der Waals surface area contributed by atoms with Gasteiger partial charge in [0.2, 0.25) is 0 Å². The highest BCUT2D eigenvalue weighted by Gasteiger charge is 2.22. The van der Waals surface area contributed by atoms with Gasteiger partial charge in [-0.25, -0.2) is 4.79 Å². The summed E-state index contributed by atoms with van der Waals surface area (Å²) < 4.78 is 0. The fourth-order valence-electron chi connectivity index (χ4n) is 2.61. The fraction of sp³-hybridized carbons (Fsp3) is 0.235. The normalized spacial score (nSPS) is 14.6. The Hall–Kier alpha value is -1.62. The molecule has 1 aliphatic heterocycles. The highest BCUT2D eigenvalue weighted by atomic mass is 35.5. The zero-order chi connectivity index (χ0) is 17.1. The van der Waals surface area contributed by atoms with Crippen LogP contribution in [0, 0.1) is 0 Å². The van der Waals surface area contributed by atoms with Gasteiger partial charge in [-0.05, 0) is 42.5 Å². The van der Waals surface area contributed by atoms with Gasteiger partial charge in [0.05, 0.1) is 10.7 Å². The van der Waals surface area contributed by atoms with Crippen LogP contribution in [-0.2, 0) is 0 Å². The summed E-state index contributed by atoms with van der Waals surface area (Å²) in [7, 11) is 0. The molecule has 126 valence electrons. The fourth-order valence-corrected chi connectivity index (χ4v) is 3.14. The number of piperazine rings is 1. The summed E-state index contributed by atoms with van der Waals surface area (Å²) in [6.07, 6.45) is 0. The van der Waals surface area contributed by atoms with Crippen molar-refractivity contribution < 1.29 is 4.79 Å². The van der Waals surface area contributed by atoms with Crippen LogP contribution in [0.4, 0.5) is 16.2 Å². The predicted molar refractivity (Wildman–Crippen MR) is 101 cm³/mol. The topological polar surface area (TPSA) is 35.6 Å². The van der Waals surface area contributed by atoms with Gasteiger partial charge >= 0.3 is 6.03 Å². The predicted octanol–water partition coefficient (Wildman–Crippen LogP) is 5.00. The first-order valence-electron chi connectivity index (χ1n) is 7.54. The number of halogens is 3. The van der Waals surface area contributed by atoms with E-state index in [4.69, 9.17) is 34.8 Å². The quantitative estimate of drug-likeness (QED) is 0.791. The Balaban J connectivity index is 1.59. The second kappa shape index (κ2) is 7.51. The second-order valence-electron chi connectivity index (χ2n) is 5.51. The highest BCUT2D eigenvalue weighted by Crippen LogP contribution is 2.29. The van der Waals surface area contributed by atoms with Crippen molar-refractivity contribution in [3.63, 3.8) is 0 Å². The lowest BCUT2D eigenvalue weighted by Crippen LogP contribution is -2.50. The number of carbonyl (C=O) groups excluding carboxylic acids is 1. The number of benzene rings is 2. The Kier molecular flexibility index (Phi) is 5.39. The molecule has 24 heavy (non-hydrogen) atoms. The summed E-state index contributed by atoms with van der Waals surface area (Å²) in [6, 6.07) is 12.3. The Morgan fingerprint density at radius 1 is 0.875 bits per heavy atom. The molecule has 2 aromatic rings. The van der Waals surface area contributed by atoms with Crippen molar-refractivity contribution >= 4 is 52.2 Å². The summed E-state index contributed by atoms with van der Waals surface area (Å²) in [5.74, 6) is 0. The number of carbonyl (C=O) groups is 1. The number of hydrogen-bond donors (Lipinski definition) is 1. The van der Waals surface area contributed by atoms with Gasteiger partial charge in [0.25, 0.3) is 0 Å². The largest absolute Gasteiger partial charge is 0.367 e. The van der Waals surface area contributed by atoms with Crippen molar-refractivity contribution in [3.8, 4) is 0 Å². The third-order valence-electron chi connectivity index (χ3n) is 3.91. The molecule has 2 aromatic carbocycles. The smallest absolute Gasteiger partial charge is 0.321 e. The monoisotopic (exact) mass is 383 g/mol. The van der Waals surface area contributed by atoms with E-state index in [0.717, 1.165) is 11.4 Å². The SMILES string of the molecule is O=C(Nc1ccc(Cl)cc1)N1CCN(c2cc(Cl)ccc2Cl)CC1. The van der Waals surface area contributed by atoms with Gasteiger partial charge in [-0.2, -0.15) is 0 Å². The van der Waals surface area contributed by atoms with Crippen molar-refractivity contribution in [2.45, 2.75) is 0 Å². The highest BCUT2D eigenvalue weighted by molar-refractivity contribution is 6.35. The summed E-state index contributed by atoms with van der Waals surface area (Å²) in [5.41, 5.74) is 1.63. The minimum absolute atomic E-state index is 0.117. The maximum absolute atomic E-state index is 12.3. The molecule has 0 saturated carbocycles. The van der Waals surface area contributed by atoms with Gasteiger partial charge in [0.15, 0.2) is 0 Å². The van der Waals surface area contributed by atoms with E-state index in [2.05, 4.69) is 10.2 Å². The Labute approximate surface area is 155 Å². The summed E-state index contributed by atoms with van der Waals surface area (Å²) in [4.78, 5) is 16.3. The molecule has 0 spiro atoms. The van der Waals surface area contributed by atoms with E-state index in [1.807, 2.05) is 6.07 Å². The van der Waals surface area contributed by atoms with E-state index in [1.165, 1.54) is 0 Å². The first kappa shape index (κ1) is 17.2. The molecule has 1 aliphatic rings. The summed E-state index contributed by atoms with van der Waals surface area (Å²) in [5, 5.41) is 4.83. The van der Waals surface area contributed by atoms with Gasteiger partial charge in [0.1, 0.15) is 0 Å². The van der Waals surface area contributed by atoms with Crippen molar-refractivity contribution in [3.05, 3.63) is 57.5 Å². The van der Waals surface area contributed by atoms with Crippen LogP contribution in [0.5, 0.6) is 0 Å². The van der Waals surface area contributed by atoms with E-state index in [9.17, 15) is 4.79 Å². The second-order valence-corrected chi connectivity index (χ2v) is 6.79. The number of hydrogen-bond acceptors (Lipinski definition) is 2. The van der Waals surface area contributed by atoms with Crippen molar-refractivity contribution in [2.24, 2.45) is 0 Å². The zero-order valence-electron chi connectivity index (χ0n) is 12.8. The number of nitrogens with one attached hydrogen (secondary N) is 1. The number of urea groups is 1. The Bertz CT molecular complexity index is 728. The third-order valence-corrected chi connectivity index (χ3v) is 4.72. The molecule has 1 N–H and O–H groups in total. The average molecular weight is 385 g/mol. The Morgan fingerprint density at radius 3 is 2.17 bits per heavy atom. The summed E-state index contributed by atoms with van der Waals surface area (Å²) >= 11 is 18.1.